The lowest BCUT2D eigenvalue weighted by atomic mass is 10.2. The van der Waals surface area contributed by atoms with E-state index in [1.807, 2.05) is 26.0 Å². The number of hydrogen-bond donors (Lipinski definition) is 0. The Kier molecular flexibility index (Phi) is 10.9. The molecule has 0 aromatic heterocycles. The Morgan fingerprint density at radius 2 is 1.24 bits per heavy atom. The molecular weight excluding hydrogens is 480 g/mol. The molecule has 0 heterocycles. The van der Waals surface area contributed by atoms with E-state index in [2.05, 4.69) is 6.58 Å². The van der Waals surface area contributed by atoms with Gasteiger partial charge in [0.1, 0.15) is 17.2 Å². The van der Waals surface area contributed by atoms with Crippen molar-refractivity contribution in [3.05, 3.63) is 126 Å². The van der Waals surface area contributed by atoms with Crippen molar-refractivity contribution in [1.82, 2.24) is 0 Å². The maximum Gasteiger partial charge on any atom is 0.343 e. The summed E-state index contributed by atoms with van der Waals surface area (Å²) in [6.07, 6.45) is 8.10. The lowest BCUT2D eigenvalue weighted by Gasteiger charge is -2.09. The molecule has 0 radical (unpaired) electrons. The number of allylic oxidation sites excluding steroid dienone is 4. The summed E-state index contributed by atoms with van der Waals surface area (Å²) in [7, 11) is 0. The van der Waals surface area contributed by atoms with E-state index < -0.39 is 11.9 Å². The summed E-state index contributed by atoms with van der Waals surface area (Å²) >= 11 is 0. The van der Waals surface area contributed by atoms with Crippen molar-refractivity contribution >= 4 is 11.9 Å². The molecule has 3 aromatic rings. The molecule has 0 spiro atoms. The summed E-state index contributed by atoms with van der Waals surface area (Å²) < 4.78 is 22.0. The van der Waals surface area contributed by atoms with Gasteiger partial charge < -0.3 is 18.9 Å². The predicted molar refractivity (Wildman–Crippen MR) is 148 cm³/mol. The molecule has 3 aromatic carbocycles. The van der Waals surface area contributed by atoms with Crippen LogP contribution < -0.4 is 14.2 Å². The number of hydrogen-bond acceptors (Lipinski definition) is 6. The van der Waals surface area contributed by atoms with Crippen molar-refractivity contribution in [3.63, 3.8) is 0 Å². The van der Waals surface area contributed by atoms with Gasteiger partial charge >= 0.3 is 11.9 Å². The summed E-state index contributed by atoms with van der Waals surface area (Å²) in [5, 5.41) is 0. The molecule has 0 unspecified atom stereocenters. The minimum atomic E-state index is -0.439. The van der Waals surface area contributed by atoms with Crippen LogP contribution in [-0.2, 0) is 4.74 Å². The molecule has 0 aliphatic heterocycles. The van der Waals surface area contributed by atoms with Gasteiger partial charge in [-0.1, -0.05) is 42.0 Å². The van der Waals surface area contributed by atoms with E-state index in [-0.39, 0.29) is 0 Å². The molecule has 0 amide bonds. The number of carbonyl (C=O) groups is 2. The topological polar surface area (TPSA) is 71.1 Å². The second-order valence-corrected chi connectivity index (χ2v) is 8.50. The first kappa shape index (κ1) is 28.0. The summed E-state index contributed by atoms with van der Waals surface area (Å²) in [5.41, 5.74) is 2.97. The van der Waals surface area contributed by atoms with E-state index in [0.29, 0.717) is 41.6 Å². The number of aryl methyl sites for hydroxylation is 1. The summed E-state index contributed by atoms with van der Waals surface area (Å²) in [6, 6.07) is 21.0. The van der Waals surface area contributed by atoms with Crippen molar-refractivity contribution < 1.29 is 28.5 Å². The average molecular weight is 513 g/mol. The van der Waals surface area contributed by atoms with Gasteiger partial charge in [0.15, 0.2) is 0 Å². The van der Waals surface area contributed by atoms with E-state index in [1.54, 1.807) is 78.9 Å². The largest absolute Gasteiger partial charge is 0.494 e. The van der Waals surface area contributed by atoms with Crippen LogP contribution in [0.3, 0.4) is 0 Å². The SMILES string of the molecule is C=C/C(C)=C\C=C\OC(=O)c1ccc(OCCCCOc2ccc(C(=O)Oc3ccc(C)cc3)cc2)cc1. The Morgan fingerprint density at radius 3 is 1.76 bits per heavy atom. The van der Waals surface area contributed by atoms with Crippen LogP contribution in [0.4, 0.5) is 0 Å². The van der Waals surface area contributed by atoms with Crippen molar-refractivity contribution in [1.29, 1.82) is 0 Å². The normalized spacial score (nSPS) is 11.2. The second-order valence-electron chi connectivity index (χ2n) is 8.50. The number of carbonyl (C=O) groups excluding carboxylic acids is 2. The first-order valence-electron chi connectivity index (χ1n) is 12.4. The van der Waals surface area contributed by atoms with Gasteiger partial charge in [0, 0.05) is 0 Å². The number of rotatable bonds is 13. The van der Waals surface area contributed by atoms with Gasteiger partial charge in [-0.3, -0.25) is 0 Å². The first-order chi connectivity index (χ1) is 18.4. The Morgan fingerprint density at radius 1 is 0.737 bits per heavy atom. The third-order valence-corrected chi connectivity index (χ3v) is 5.42. The standard InChI is InChI=1S/C32H32O6/c1-4-24(2)8-7-23-37-31(33)26-11-17-28(18-12-26)35-21-5-6-22-36-29-19-13-27(14-20-29)32(34)38-30-15-9-25(3)10-16-30/h4,7-20,23H,1,5-6,21-22H2,2-3H3/b23-7+,24-8-. The monoisotopic (exact) mass is 512 g/mol. The number of ether oxygens (including phenoxy) is 4. The Balaban J connectivity index is 1.31. The zero-order valence-electron chi connectivity index (χ0n) is 21.7. The smallest absolute Gasteiger partial charge is 0.343 e. The van der Waals surface area contributed by atoms with Crippen LogP contribution >= 0.6 is 0 Å². The molecule has 0 fully saturated rings. The molecule has 0 saturated heterocycles. The fourth-order valence-electron chi connectivity index (χ4n) is 3.16. The fourth-order valence-corrected chi connectivity index (χ4v) is 3.16. The van der Waals surface area contributed by atoms with Gasteiger partial charge in [0.05, 0.1) is 30.6 Å². The maximum absolute atomic E-state index is 12.3. The molecule has 3 rings (SSSR count). The van der Waals surface area contributed by atoms with E-state index in [1.165, 1.54) is 6.26 Å². The highest BCUT2D eigenvalue weighted by Crippen LogP contribution is 2.17. The minimum absolute atomic E-state index is 0.411. The summed E-state index contributed by atoms with van der Waals surface area (Å²) in [5.74, 6) is 1.02. The van der Waals surface area contributed by atoms with E-state index in [9.17, 15) is 9.59 Å². The third kappa shape index (κ3) is 9.47. The average Bonchev–Trinajstić information content (AvgIpc) is 2.94. The Bertz CT molecular complexity index is 1250. The Labute approximate surface area is 223 Å². The van der Waals surface area contributed by atoms with Crippen molar-refractivity contribution in [2.45, 2.75) is 26.7 Å². The fraction of sp³-hybridized carbons (Fsp3) is 0.188. The highest BCUT2D eigenvalue weighted by molar-refractivity contribution is 5.91. The summed E-state index contributed by atoms with van der Waals surface area (Å²) in [4.78, 5) is 24.4. The highest BCUT2D eigenvalue weighted by Gasteiger charge is 2.09. The van der Waals surface area contributed by atoms with E-state index in [0.717, 1.165) is 24.0 Å². The second kappa shape index (κ2) is 14.9. The van der Waals surface area contributed by atoms with Crippen molar-refractivity contribution in [2.24, 2.45) is 0 Å². The van der Waals surface area contributed by atoms with Crippen LogP contribution in [0, 0.1) is 6.92 Å². The molecule has 0 aliphatic carbocycles. The lowest BCUT2D eigenvalue weighted by molar-refractivity contribution is 0.0661. The first-order valence-corrected chi connectivity index (χ1v) is 12.4. The third-order valence-electron chi connectivity index (χ3n) is 5.42. The van der Waals surface area contributed by atoms with Crippen LogP contribution in [0.1, 0.15) is 46.0 Å². The Hall–Kier alpha value is -4.58. The van der Waals surface area contributed by atoms with Gasteiger partial charge in [-0.25, -0.2) is 9.59 Å². The molecule has 0 aliphatic rings. The number of unbranched alkanes of at least 4 members (excludes halogenated alkanes) is 1. The molecule has 0 bridgehead atoms. The zero-order chi connectivity index (χ0) is 27.2. The minimum Gasteiger partial charge on any atom is -0.494 e. The predicted octanol–water partition coefficient (Wildman–Crippen LogP) is 7.26. The van der Waals surface area contributed by atoms with Crippen LogP contribution in [0.5, 0.6) is 17.2 Å². The molecule has 0 atom stereocenters. The van der Waals surface area contributed by atoms with Crippen LogP contribution in [-0.4, -0.2) is 25.2 Å². The summed E-state index contributed by atoms with van der Waals surface area (Å²) in [6.45, 7) is 8.58. The maximum atomic E-state index is 12.3. The van der Waals surface area contributed by atoms with Crippen LogP contribution in [0.25, 0.3) is 0 Å². The van der Waals surface area contributed by atoms with Gasteiger partial charge in [-0.15, -0.1) is 0 Å². The molecule has 0 saturated carbocycles. The van der Waals surface area contributed by atoms with Crippen molar-refractivity contribution in [2.75, 3.05) is 13.2 Å². The van der Waals surface area contributed by atoms with Gasteiger partial charge in [0.25, 0.3) is 0 Å². The van der Waals surface area contributed by atoms with Crippen LogP contribution in [0.15, 0.2) is 109 Å². The van der Waals surface area contributed by atoms with E-state index >= 15 is 0 Å². The quantitative estimate of drug-likeness (QED) is 0.0789. The molecule has 38 heavy (non-hydrogen) atoms. The van der Waals surface area contributed by atoms with Gasteiger partial charge in [0.2, 0.25) is 0 Å². The number of benzene rings is 3. The molecule has 6 heteroatoms. The molecular formula is C32H32O6. The van der Waals surface area contributed by atoms with E-state index in [4.69, 9.17) is 18.9 Å². The highest BCUT2D eigenvalue weighted by atomic mass is 16.5. The van der Waals surface area contributed by atoms with Gasteiger partial charge in [-0.05, 0) is 93.4 Å². The lowest BCUT2D eigenvalue weighted by Crippen LogP contribution is -2.08. The van der Waals surface area contributed by atoms with Crippen LogP contribution in [0.2, 0.25) is 0 Å². The molecule has 6 nitrogen and oxygen atoms in total. The zero-order valence-corrected chi connectivity index (χ0v) is 21.7. The van der Waals surface area contributed by atoms with Crippen molar-refractivity contribution in [3.8, 4) is 17.2 Å². The van der Waals surface area contributed by atoms with Gasteiger partial charge in [-0.2, -0.15) is 0 Å². The molecule has 0 N–H and O–H groups in total. The molecule has 196 valence electrons. The number of esters is 2.